The van der Waals surface area contributed by atoms with Gasteiger partial charge in [0.25, 0.3) is 0 Å². The Hall–Kier alpha value is -3.52. The van der Waals surface area contributed by atoms with E-state index in [1.54, 1.807) is 6.21 Å². The number of anilines is 1. The summed E-state index contributed by atoms with van der Waals surface area (Å²) in [5.74, 6) is 3.38. The lowest BCUT2D eigenvalue weighted by Gasteiger charge is -2.00. The minimum Gasteiger partial charge on any atom is -0.335 e. The maximum Gasteiger partial charge on any atom is 0.224 e. The number of para-hydroxylation sites is 3. The monoisotopic (exact) mass is 327 g/mol. The molecule has 0 bridgehead atoms. The van der Waals surface area contributed by atoms with Gasteiger partial charge in [0.2, 0.25) is 5.95 Å². The Labute approximate surface area is 145 Å². The van der Waals surface area contributed by atoms with Crippen molar-refractivity contribution >= 4 is 34.1 Å². The quantitative estimate of drug-likeness (QED) is 0.354. The Kier molecular flexibility index (Phi) is 3.71. The standard InChI is InChI=1S/C20H17N5/c1-3-12-25-14-15(16-8-4-6-10-18(16)25)13-21-23-20-22-17-9-5-7-11-19(17)24(20)2/h1,4-11,13-14H,12H2,2H3,(H,22,23)/b21-13-. The van der Waals surface area contributed by atoms with Crippen LogP contribution in [0, 0.1) is 12.3 Å². The minimum atomic E-state index is 0.534. The molecule has 0 amide bonds. The van der Waals surface area contributed by atoms with E-state index >= 15 is 0 Å². The fourth-order valence-corrected chi connectivity index (χ4v) is 3.01. The van der Waals surface area contributed by atoms with E-state index in [9.17, 15) is 0 Å². The Morgan fingerprint density at radius 1 is 1.16 bits per heavy atom. The van der Waals surface area contributed by atoms with Crippen molar-refractivity contribution in [3.63, 3.8) is 0 Å². The van der Waals surface area contributed by atoms with Crippen LogP contribution >= 0.6 is 0 Å². The number of aromatic nitrogens is 3. The number of rotatable bonds is 4. The first-order valence-electron chi connectivity index (χ1n) is 8.00. The summed E-state index contributed by atoms with van der Waals surface area (Å²) < 4.78 is 4.03. The third kappa shape index (κ3) is 2.64. The van der Waals surface area contributed by atoms with Crippen molar-refractivity contribution in [2.24, 2.45) is 12.1 Å². The number of benzene rings is 2. The number of hydrogen-bond acceptors (Lipinski definition) is 3. The highest BCUT2D eigenvalue weighted by atomic mass is 15.4. The summed E-state index contributed by atoms with van der Waals surface area (Å²) in [7, 11) is 1.96. The van der Waals surface area contributed by atoms with E-state index in [1.165, 1.54) is 0 Å². The molecule has 0 saturated heterocycles. The fourth-order valence-electron chi connectivity index (χ4n) is 3.01. The van der Waals surface area contributed by atoms with E-state index in [0.29, 0.717) is 12.5 Å². The molecule has 2 heterocycles. The average molecular weight is 327 g/mol. The van der Waals surface area contributed by atoms with Crippen molar-refractivity contribution in [1.82, 2.24) is 14.1 Å². The Balaban J connectivity index is 1.65. The van der Waals surface area contributed by atoms with Gasteiger partial charge in [-0.15, -0.1) is 6.42 Å². The van der Waals surface area contributed by atoms with Gasteiger partial charge in [-0.05, 0) is 18.2 Å². The van der Waals surface area contributed by atoms with Gasteiger partial charge in [0, 0.05) is 29.7 Å². The van der Waals surface area contributed by atoms with Crippen molar-refractivity contribution in [2.75, 3.05) is 5.43 Å². The predicted molar refractivity (Wildman–Crippen MR) is 103 cm³/mol. The predicted octanol–water partition coefficient (Wildman–Crippen LogP) is 3.61. The average Bonchev–Trinajstić information content (AvgIpc) is 3.15. The van der Waals surface area contributed by atoms with Gasteiger partial charge in [0.05, 0.1) is 23.8 Å². The number of nitrogens with zero attached hydrogens (tertiary/aromatic N) is 4. The largest absolute Gasteiger partial charge is 0.335 e. The van der Waals surface area contributed by atoms with Gasteiger partial charge in [0.1, 0.15) is 0 Å². The van der Waals surface area contributed by atoms with Gasteiger partial charge in [-0.1, -0.05) is 36.3 Å². The van der Waals surface area contributed by atoms with Gasteiger partial charge in [-0.25, -0.2) is 10.4 Å². The molecule has 0 aliphatic carbocycles. The minimum absolute atomic E-state index is 0.534. The van der Waals surface area contributed by atoms with Crippen molar-refractivity contribution in [2.45, 2.75) is 6.54 Å². The van der Waals surface area contributed by atoms with Crippen LogP contribution in [-0.2, 0) is 13.6 Å². The molecule has 4 rings (SSSR count). The lowest BCUT2D eigenvalue weighted by molar-refractivity contribution is 0.886. The van der Waals surface area contributed by atoms with Crippen LogP contribution in [0.2, 0.25) is 0 Å². The van der Waals surface area contributed by atoms with Crippen LogP contribution in [0.4, 0.5) is 5.95 Å². The zero-order chi connectivity index (χ0) is 17.2. The highest BCUT2D eigenvalue weighted by molar-refractivity contribution is 5.99. The molecule has 25 heavy (non-hydrogen) atoms. The molecule has 0 aliphatic heterocycles. The summed E-state index contributed by atoms with van der Waals surface area (Å²) in [6.07, 6.45) is 9.28. The fraction of sp³-hybridized carbons (Fsp3) is 0.100. The van der Waals surface area contributed by atoms with Gasteiger partial charge >= 0.3 is 0 Å². The maximum absolute atomic E-state index is 5.46. The number of nitrogens with one attached hydrogen (secondary N) is 1. The highest BCUT2D eigenvalue weighted by Gasteiger charge is 2.07. The van der Waals surface area contributed by atoms with Crippen molar-refractivity contribution < 1.29 is 0 Å². The molecule has 5 heteroatoms. The topological polar surface area (TPSA) is 47.1 Å². The van der Waals surface area contributed by atoms with Crippen molar-refractivity contribution in [3.8, 4) is 12.3 Å². The SMILES string of the molecule is C#CCn1cc(/C=N\Nc2nc3ccccc3n2C)c2ccccc21. The zero-order valence-corrected chi connectivity index (χ0v) is 13.8. The summed E-state index contributed by atoms with van der Waals surface area (Å²) in [6.45, 7) is 0.534. The van der Waals surface area contributed by atoms with Gasteiger partial charge in [0.15, 0.2) is 0 Å². The normalized spacial score (nSPS) is 11.4. The Morgan fingerprint density at radius 2 is 1.92 bits per heavy atom. The molecule has 0 radical (unpaired) electrons. The molecule has 2 aromatic heterocycles. The smallest absolute Gasteiger partial charge is 0.224 e. The van der Waals surface area contributed by atoms with E-state index < -0.39 is 0 Å². The molecule has 1 N–H and O–H groups in total. The van der Waals surface area contributed by atoms with E-state index in [-0.39, 0.29) is 0 Å². The molecule has 0 atom stereocenters. The van der Waals surface area contributed by atoms with E-state index in [4.69, 9.17) is 6.42 Å². The third-order valence-electron chi connectivity index (χ3n) is 4.24. The summed E-state index contributed by atoms with van der Waals surface area (Å²) in [4.78, 5) is 4.55. The summed E-state index contributed by atoms with van der Waals surface area (Å²) in [5, 5.41) is 5.49. The molecular weight excluding hydrogens is 310 g/mol. The Bertz CT molecular complexity index is 1120. The number of aryl methyl sites for hydroxylation is 1. The molecule has 0 unspecified atom stereocenters. The second-order valence-electron chi connectivity index (χ2n) is 5.79. The number of imidazole rings is 1. The first kappa shape index (κ1) is 15.0. The lowest BCUT2D eigenvalue weighted by Crippen LogP contribution is -1.98. The molecular formula is C20H17N5. The number of hydrazone groups is 1. The molecule has 0 spiro atoms. The molecule has 0 aliphatic rings. The maximum atomic E-state index is 5.46. The first-order valence-corrected chi connectivity index (χ1v) is 8.00. The summed E-state index contributed by atoms with van der Waals surface area (Å²) in [5.41, 5.74) is 7.14. The van der Waals surface area contributed by atoms with Gasteiger partial charge in [-0.2, -0.15) is 5.10 Å². The van der Waals surface area contributed by atoms with Crippen LogP contribution in [0.25, 0.3) is 21.9 Å². The van der Waals surface area contributed by atoms with Gasteiger partial charge < -0.3 is 9.13 Å². The summed E-state index contributed by atoms with van der Waals surface area (Å²) in [6, 6.07) is 16.1. The van der Waals surface area contributed by atoms with Crippen molar-refractivity contribution in [3.05, 3.63) is 60.3 Å². The van der Waals surface area contributed by atoms with Gasteiger partial charge in [-0.3, -0.25) is 0 Å². The second kappa shape index (κ2) is 6.17. The molecule has 0 fully saturated rings. The van der Waals surface area contributed by atoms with E-state index in [0.717, 1.165) is 27.5 Å². The van der Waals surface area contributed by atoms with Crippen molar-refractivity contribution in [1.29, 1.82) is 0 Å². The number of fused-ring (bicyclic) bond motifs is 2. The zero-order valence-electron chi connectivity index (χ0n) is 13.8. The molecule has 122 valence electrons. The highest BCUT2D eigenvalue weighted by Crippen LogP contribution is 2.20. The second-order valence-corrected chi connectivity index (χ2v) is 5.79. The molecule has 2 aromatic carbocycles. The van der Waals surface area contributed by atoms with Crippen LogP contribution in [0.3, 0.4) is 0 Å². The van der Waals surface area contributed by atoms with Crippen LogP contribution in [0.1, 0.15) is 5.56 Å². The van der Waals surface area contributed by atoms with E-state index in [1.807, 2.05) is 58.8 Å². The first-order chi connectivity index (χ1) is 12.3. The lowest BCUT2D eigenvalue weighted by atomic mass is 10.2. The van der Waals surface area contributed by atoms with Crippen LogP contribution in [0.15, 0.2) is 59.8 Å². The molecule has 0 saturated carbocycles. The summed E-state index contributed by atoms with van der Waals surface area (Å²) >= 11 is 0. The van der Waals surface area contributed by atoms with Crippen LogP contribution < -0.4 is 5.43 Å². The van der Waals surface area contributed by atoms with E-state index in [2.05, 4.69) is 33.6 Å². The Morgan fingerprint density at radius 3 is 2.72 bits per heavy atom. The number of hydrogen-bond donors (Lipinski definition) is 1. The third-order valence-corrected chi connectivity index (χ3v) is 4.24. The molecule has 4 aromatic rings. The van der Waals surface area contributed by atoms with Crippen LogP contribution in [-0.4, -0.2) is 20.3 Å². The number of terminal acetylenes is 1. The molecule has 5 nitrogen and oxygen atoms in total. The van der Waals surface area contributed by atoms with Crippen LogP contribution in [0.5, 0.6) is 0 Å².